The Labute approximate surface area is 357 Å². The average molecular weight is 824 g/mol. The van der Waals surface area contributed by atoms with Gasteiger partial charge in [0.1, 0.15) is 24.2 Å². The molecule has 4 aromatic rings. The van der Waals surface area contributed by atoms with Gasteiger partial charge in [-0.05, 0) is 114 Å². The van der Waals surface area contributed by atoms with Crippen LogP contribution in [-0.2, 0) is 25.7 Å². The smallest absolute Gasteiger partial charge is 0.243 e. The Morgan fingerprint density at radius 3 is 2.23 bits per heavy atom. The Kier molecular flexibility index (Phi) is 12.0. The molecular formula is C50H54FN5O5. The Morgan fingerprint density at radius 2 is 1.57 bits per heavy atom. The number of benzene rings is 4. The maximum atomic E-state index is 15.8. The third-order valence-corrected chi connectivity index (χ3v) is 13.7. The van der Waals surface area contributed by atoms with Crippen molar-refractivity contribution >= 4 is 40.7 Å². The van der Waals surface area contributed by atoms with E-state index in [1.807, 2.05) is 0 Å². The van der Waals surface area contributed by atoms with Crippen LogP contribution in [0.2, 0.25) is 0 Å². The third kappa shape index (κ3) is 8.43. The summed E-state index contributed by atoms with van der Waals surface area (Å²) in [4.78, 5) is 58.2. The molecule has 4 unspecified atom stereocenters. The molecule has 5 heterocycles. The number of fused-ring (bicyclic) bond motifs is 3. The highest BCUT2D eigenvalue weighted by molar-refractivity contribution is 6.27. The van der Waals surface area contributed by atoms with E-state index < -0.39 is 23.8 Å². The van der Waals surface area contributed by atoms with Crippen LogP contribution in [0.4, 0.5) is 10.1 Å². The molecule has 5 aliphatic rings. The number of hydrogen-bond acceptors (Lipinski definition) is 9. The number of carbonyl (C=O) groups is 4. The second-order valence-electron chi connectivity index (χ2n) is 17.3. The van der Waals surface area contributed by atoms with Gasteiger partial charge >= 0.3 is 0 Å². The first-order chi connectivity index (χ1) is 29.8. The molecule has 316 valence electrons. The van der Waals surface area contributed by atoms with Gasteiger partial charge in [0, 0.05) is 51.2 Å². The van der Waals surface area contributed by atoms with Crippen LogP contribution in [0.25, 0.3) is 11.1 Å². The van der Waals surface area contributed by atoms with Gasteiger partial charge in [-0.15, -0.1) is 0 Å². The van der Waals surface area contributed by atoms with Gasteiger partial charge in [0.25, 0.3) is 0 Å². The molecule has 1 N–H and O–H groups in total. The van der Waals surface area contributed by atoms with Crippen molar-refractivity contribution in [2.75, 3.05) is 50.8 Å². The van der Waals surface area contributed by atoms with Crippen molar-refractivity contribution in [3.05, 3.63) is 131 Å². The number of aldehydes is 1. The van der Waals surface area contributed by atoms with Crippen LogP contribution in [0, 0.1) is 11.7 Å². The number of halogens is 1. The summed E-state index contributed by atoms with van der Waals surface area (Å²) in [6.07, 6.45) is 4.83. The molecular weight excluding hydrogens is 770 g/mol. The minimum atomic E-state index is -0.980. The highest BCUT2D eigenvalue weighted by Gasteiger charge is 2.47. The first-order valence-electron chi connectivity index (χ1n) is 22.0. The van der Waals surface area contributed by atoms with Gasteiger partial charge in [0.15, 0.2) is 6.29 Å². The molecule has 4 fully saturated rings. The molecule has 5 aliphatic heterocycles. The third-order valence-electron chi connectivity index (χ3n) is 13.7. The van der Waals surface area contributed by atoms with Crippen molar-refractivity contribution in [2.45, 2.75) is 76.2 Å². The lowest BCUT2D eigenvalue weighted by molar-refractivity contribution is -0.141. The standard InChI is InChI=1S/C50H54FN5O5/c1-2-41(34-9-5-3-6-10-34)48(35-11-7-4-8-12-35)36-13-15-40(16-14-36)61-24-23-53-21-19-33(20-22-53)28-54-30-39-26-38(54)31-55(39)45-27-42-37(25-43(45)51)29-56(49(42)46(58)32-57)44-17-18-47(59)52-50(44)60/h3-16,25,27,32-33,38-39,44,49H,2,17-24,26,28-31H2,1H3,(H,52,59,60). The summed E-state index contributed by atoms with van der Waals surface area (Å²) in [5.74, 6) is -0.381. The maximum absolute atomic E-state index is 15.8. The number of anilines is 1. The SMILES string of the molecule is CCC(=C(c1ccccc1)c1ccc(OCCN2CCC(CN3CC4CC3CN4c3cc4c(cc3F)CN(C3CCC(=O)NC3=O)C4C(=O)C=O)CC2)cc1)c1ccccc1. The van der Waals surface area contributed by atoms with Gasteiger partial charge in [0.05, 0.1) is 11.7 Å². The Balaban J connectivity index is 0.762. The van der Waals surface area contributed by atoms with Crippen LogP contribution in [-0.4, -0.2) is 103 Å². The second kappa shape index (κ2) is 17.8. The number of likely N-dealkylation sites (tertiary alicyclic amines) is 2. The van der Waals surface area contributed by atoms with Crippen molar-refractivity contribution in [2.24, 2.45) is 5.92 Å². The van der Waals surface area contributed by atoms with Gasteiger partial charge in [-0.3, -0.25) is 39.2 Å². The van der Waals surface area contributed by atoms with E-state index in [2.05, 4.69) is 112 Å². The Bertz CT molecular complexity index is 2290. The van der Waals surface area contributed by atoms with Gasteiger partial charge in [-0.2, -0.15) is 0 Å². The number of nitrogens with one attached hydrogen (secondary N) is 1. The predicted octanol–water partition coefficient (Wildman–Crippen LogP) is 6.68. The minimum Gasteiger partial charge on any atom is -0.492 e. The lowest BCUT2D eigenvalue weighted by Crippen LogP contribution is -2.52. The summed E-state index contributed by atoms with van der Waals surface area (Å²) in [7, 11) is 0. The van der Waals surface area contributed by atoms with Crippen molar-refractivity contribution in [1.29, 1.82) is 0 Å². The number of ketones is 1. The number of nitrogens with zero attached hydrogens (tertiary/aromatic N) is 4. The van der Waals surface area contributed by atoms with E-state index in [-0.39, 0.29) is 43.4 Å². The monoisotopic (exact) mass is 823 g/mol. The summed E-state index contributed by atoms with van der Waals surface area (Å²) in [5, 5.41) is 2.35. The summed E-state index contributed by atoms with van der Waals surface area (Å²) in [6, 6.07) is 31.8. The molecule has 2 bridgehead atoms. The maximum Gasteiger partial charge on any atom is 0.243 e. The molecule has 0 aromatic heterocycles. The van der Waals surface area contributed by atoms with E-state index in [1.54, 1.807) is 11.0 Å². The number of allylic oxidation sites excluding steroid dienone is 1. The zero-order chi connectivity index (χ0) is 42.0. The number of piperidine rings is 2. The van der Waals surface area contributed by atoms with Crippen molar-refractivity contribution in [3.8, 4) is 5.75 Å². The van der Waals surface area contributed by atoms with Crippen LogP contribution in [0.3, 0.4) is 0 Å². The van der Waals surface area contributed by atoms with E-state index in [1.165, 1.54) is 33.9 Å². The predicted molar refractivity (Wildman–Crippen MR) is 233 cm³/mol. The summed E-state index contributed by atoms with van der Waals surface area (Å²) < 4.78 is 22.1. The lowest BCUT2D eigenvalue weighted by Gasteiger charge is -2.39. The highest BCUT2D eigenvalue weighted by atomic mass is 19.1. The first-order valence-corrected chi connectivity index (χ1v) is 22.0. The highest BCUT2D eigenvalue weighted by Crippen LogP contribution is 2.43. The topological polar surface area (TPSA) is 102 Å². The molecule has 4 saturated heterocycles. The van der Waals surface area contributed by atoms with Crippen molar-refractivity contribution in [1.82, 2.24) is 20.0 Å². The van der Waals surface area contributed by atoms with E-state index >= 15 is 4.39 Å². The fraction of sp³-hybridized carbons (Fsp3) is 0.400. The molecule has 4 aromatic carbocycles. The fourth-order valence-electron chi connectivity index (χ4n) is 10.7. The number of ether oxygens (including phenoxy) is 1. The van der Waals surface area contributed by atoms with Gasteiger partial charge in [-0.1, -0.05) is 79.7 Å². The molecule has 2 amide bonds. The van der Waals surface area contributed by atoms with Crippen LogP contribution in [0.5, 0.6) is 5.75 Å². The van der Waals surface area contributed by atoms with Crippen LogP contribution >= 0.6 is 0 Å². The van der Waals surface area contributed by atoms with Crippen LogP contribution < -0.4 is 15.0 Å². The summed E-state index contributed by atoms with van der Waals surface area (Å²) in [6.45, 7) is 8.60. The van der Waals surface area contributed by atoms with Gasteiger partial charge < -0.3 is 9.64 Å². The number of Topliss-reactive ketones (excluding diaryl/α,β-unsaturated/α-hetero) is 1. The van der Waals surface area contributed by atoms with E-state index in [0.717, 1.165) is 64.2 Å². The number of piperazine rings is 1. The number of imide groups is 1. The molecule has 11 heteroatoms. The molecule has 0 saturated carbocycles. The minimum absolute atomic E-state index is 0.146. The second-order valence-corrected chi connectivity index (χ2v) is 17.3. The average Bonchev–Trinajstić information content (AvgIpc) is 3.99. The summed E-state index contributed by atoms with van der Waals surface area (Å²) in [5.41, 5.74) is 7.82. The number of rotatable bonds is 14. The molecule has 0 spiro atoms. The van der Waals surface area contributed by atoms with E-state index in [0.29, 0.717) is 41.9 Å². The van der Waals surface area contributed by atoms with Gasteiger partial charge in [-0.25, -0.2) is 4.39 Å². The molecule has 10 nitrogen and oxygen atoms in total. The normalized spacial score (nSPS) is 23.8. The van der Waals surface area contributed by atoms with Crippen LogP contribution in [0.1, 0.15) is 79.3 Å². The van der Waals surface area contributed by atoms with Gasteiger partial charge in [0.2, 0.25) is 17.6 Å². The van der Waals surface area contributed by atoms with Crippen molar-refractivity contribution < 1.29 is 28.3 Å². The first kappa shape index (κ1) is 40.9. The Morgan fingerprint density at radius 1 is 0.869 bits per heavy atom. The molecule has 0 radical (unpaired) electrons. The lowest BCUT2D eigenvalue weighted by atomic mass is 9.88. The molecule has 0 aliphatic carbocycles. The van der Waals surface area contributed by atoms with Crippen LogP contribution in [0.15, 0.2) is 97.1 Å². The zero-order valence-corrected chi connectivity index (χ0v) is 34.8. The largest absolute Gasteiger partial charge is 0.492 e. The number of hydrogen-bond donors (Lipinski definition) is 1. The van der Waals surface area contributed by atoms with E-state index in [4.69, 9.17) is 4.74 Å². The summed E-state index contributed by atoms with van der Waals surface area (Å²) >= 11 is 0. The Hall–Kier alpha value is -5.49. The number of amides is 2. The molecule has 61 heavy (non-hydrogen) atoms. The fourth-order valence-corrected chi connectivity index (χ4v) is 10.7. The van der Waals surface area contributed by atoms with E-state index in [9.17, 15) is 19.2 Å². The quantitative estimate of drug-likeness (QED) is 0.0647. The zero-order valence-electron chi connectivity index (χ0n) is 34.8. The molecule has 9 rings (SSSR count). The molecule has 4 atom stereocenters. The van der Waals surface area contributed by atoms with Crippen molar-refractivity contribution in [3.63, 3.8) is 0 Å². The number of carbonyl (C=O) groups excluding carboxylic acids is 4.